The summed E-state index contributed by atoms with van der Waals surface area (Å²) in [6, 6.07) is 3.25. The van der Waals surface area contributed by atoms with Crippen LogP contribution in [0, 0.1) is 0 Å². The standard InChI is InChI=1S/C15H17F3N6O2/c1-3-20-12-10(26-2)11(19)22-13(23-12)24-14(25)21-9-6-4-8(5-7-9)15(16,17)18/h4-7H,3H2,1-2H3,(H5,19,20,21,22,23,24,25). The van der Waals surface area contributed by atoms with Crippen LogP contribution in [0.4, 0.5) is 41.2 Å². The molecule has 5 N–H and O–H groups in total. The molecule has 0 aliphatic heterocycles. The van der Waals surface area contributed by atoms with Crippen LogP contribution in [-0.4, -0.2) is 29.7 Å². The Morgan fingerprint density at radius 1 is 1.19 bits per heavy atom. The molecule has 0 saturated carbocycles. The molecule has 0 fully saturated rings. The lowest BCUT2D eigenvalue weighted by Gasteiger charge is -2.13. The molecule has 8 nitrogen and oxygen atoms in total. The number of ether oxygens (including phenoxy) is 1. The number of hydrogen-bond acceptors (Lipinski definition) is 6. The van der Waals surface area contributed by atoms with Crippen LogP contribution in [0.25, 0.3) is 0 Å². The van der Waals surface area contributed by atoms with Crippen molar-refractivity contribution < 1.29 is 22.7 Å². The summed E-state index contributed by atoms with van der Waals surface area (Å²) < 4.78 is 42.7. The topological polar surface area (TPSA) is 114 Å². The quantitative estimate of drug-likeness (QED) is 0.643. The number of methoxy groups -OCH3 is 1. The van der Waals surface area contributed by atoms with Crippen LogP contribution in [-0.2, 0) is 6.18 Å². The van der Waals surface area contributed by atoms with Crippen molar-refractivity contribution in [1.82, 2.24) is 9.97 Å². The number of carbonyl (C=O) groups is 1. The molecular weight excluding hydrogens is 353 g/mol. The van der Waals surface area contributed by atoms with Crippen LogP contribution in [0.5, 0.6) is 5.75 Å². The Kier molecular flexibility index (Phi) is 5.70. The maximum absolute atomic E-state index is 12.5. The summed E-state index contributed by atoms with van der Waals surface area (Å²) in [5.41, 5.74) is 5.11. The molecule has 11 heteroatoms. The number of hydrogen-bond donors (Lipinski definition) is 4. The second kappa shape index (κ2) is 7.76. The minimum Gasteiger partial charge on any atom is -0.490 e. The van der Waals surface area contributed by atoms with Crippen LogP contribution >= 0.6 is 0 Å². The molecule has 1 heterocycles. The Balaban J connectivity index is 2.10. The maximum atomic E-state index is 12.5. The van der Waals surface area contributed by atoms with E-state index >= 15 is 0 Å². The van der Waals surface area contributed by atoms with Crippen LogP contribution in [0.15, 0.2) is 24.3 Å². The first-order valence-corrected chi connectivity index (χ1v) is 7.45. The van der Waals surface area contributed by atoms with E-state index < -0.39 is 17.8 Å². The molecule has 26 heavy (non-hydrogen) atoms. The first kappa shape index (κ1) is 19.1. The van der Waals surface area contributed by atoms with E-state index in [-0.39, 0.29) is 23.2 Å². The summed E-state index contributed by atoms with van der Waals surface area (Å²) >= 11 is 0. The lowest BCUT2D eigenvalue weighted by Crippen LogP contribution is -2.22. The zero-order valence-electron chi connectivity index (χ0n) is 13.9. The third-order valence-corrected chi connectivity index (χ3v) is 3.14. The molecule has 0 aliphatic rings. The monoisotopic (exact) mass is 370 g/mol. The Labute approximate surface area is 147 Å². The Morgan fingerprint density at radius 2 is 1.85 bits per heavy atom. The number of nitrogens with one attached hydrogen (secondary N) is 3. The number of nitrogen functional groups attached to an aromatic ring is 1. The van der Waals surface area contributed by atoms with Gasteiger partial charge < -0.3 is 21.1 Å². The minimum atomic E-state index is -4.45. The molecule has 0 aliphatic carbocycles. The van der Waals surface area contributed by atoms with E-state index in [0.29, 0.717) is 12.4 Å². The van der Waals surface area contributed by atoms with E-state index in [0.717, 1.165) is 24.3 Å². The van der Waals surface area contributed by atoms with Crippen LogP contribution in [0.2, 0.25) is 0 Å². The van der Waals surface area contributed by atoms with Crippen molar-refractivity contribution in [3.05, 3.63) is 29.8 Å². The molecule has 0 unspecified atom stereocenters. The number of benzene rings is 1. The average Bonchev–Trinajstić information content (AvgIpc) is 2.54. The van der Waals surface area contributed by atoms with Gasteiger partial charge in [0.15, 0.2) is 11.6 Å². The highest BCUT2D eigenvalue weighted by atomic mass is 19.4. The van der Waals surface area contributed by atoms with E-state index in [9.17, 15) is 18.0 Å². The van der Waals surface area contributed by atoms with Gasteiger partial charge in [-0.1, -0.05) is 0 Å². The first-order chi connectivity index (χ1) is 12.2. The third-order valence-electron chi connectivity index (χ3n) is 3.14. The zero-order chi connectivity index (χ0) is 19.3. The van der Waals surface area contributed by atoms with Crippen molar-refractivity contribution in [2.24, 2.45) is 0 Å². The Hall–Kier alpha value is -3.24. The zero-order valence-corrected chi connectivity index (χ0v) is 13.9. The van der Waals surface area contributed by atoms with Gasteiger partial charge >= 0.3 is 12.2 Å². The number of halogens is 3. The molecule has 2 rings (SSSR count). The van der Waals surface area contributed by atoms with Gasteiger partial charge in [0.2, 0.25) is 11.7 Å². The van der Waals surface area contributed by atoms with Crippen LogP contribution in [0.1, 0.15) is 12.5 Å². The molecule has 2 aromatic rings. The van der Waals surface area contributed by atoms with Crippen LogP contribution < -0.4 is 26.4 Å². The number of anilines is 4. The highest BCUT2D eigenvalue weighted by Crippen LogP contribution is 2.30. The van der Waals surface area contributed by atoms with Gasteiger partial charge in [-0.15, -0.1) is 0 Å². The van der Waals surface area contributed by atoms with E-state index in [4.69, 9.17) is 10.5 Å². The summed E-state index contributed by atoms with van der Waals surface area (Å²) in [5, 5.41) is 7.65. The largest absolute Gasteiger partial charge is 0.490 e. The summed E-state index contributed by atoms with van der Waals surface area (Å²) in [7, 11) is 1.40. The van der Waals surface area contributed by atoms with Gasteiger partial charge in [-0.25, -0.2) is 4.79 Å². The minimum absolute atomic E-state index is 0.0169. The molecular formula is C15H17F3N6O2. The number of urea groups is 1. The number of alkyl halides is 3. The molecule has 2 amide bonds. The molecule has 0 bridgehead atoms. The van der Waals surface area contributed by atoms with E-state index in [2.05, 4.69) is 25.9 Å². The number of carbonyl (C=O) groups excluding carboxylic acids is 1. The second-order valence-corrected chi connectivity index (χ2v) is 5.00. The van der Waals surface area contributed by atoms with Gasteiger partial charge in [0.05, 0.1) is 12.7 Å². The number of nitrogens with two attached hydrogens (primary N) is 1. The van der Waals surface area contributed by atoms with Crippen molar-refractivity contribution in [3.63, 3.8) is 0 Å². The van der Waals surface area contributed by atoms with Gasteiger partial charge in [-0.05, 0) is 31.2 Å². The normalized spacial score (nSPS) is 11.0. The molecule has 0 saturated heterocycles. The SMILES string of the molecule is CCNc1nc(NC(=O)Nc2ccc(C(F)(F)F)cc2)nc(N)c1OC. The smallest absolute Gasteiger partial charge is 0.416 e. The van der Waals surface area contributed by atoms with E-state index in [1.807, 2.05) is 6.92 Å². The fourth-order valence-corrected chi connectivity index (χ4v) is 2.02. The molecule has 0 spiro atoms. The Morgan fingerprint density at radius 3 is 2.38 bits per heavy atom. The van der Waals surface area contributed by atoms with Crippen molar-refractivity contribution in [3.8, 4) is 5.75 Å². The molecule has 140 valence electrons. The van der Waals surface area contributed by atoms with Gasteiger partial charge in [0.25, 0.3) is 0 Å². The van der Waals surface area contributed by atoms with Crippen molar-refractivity contribution >= 4 is 29.3 Å². The van der Waals surface area contributed by atoms with Crippen molar-refractivity contribution in [2.45, 2.75) is 13.1 Å². The highest BCUT2D eigenvalue weighted by molar-refractivity contribution is 5.98. The molecule has 0 atom stereocenters. The fraction of sp³-hybridized carbons (Fsp3) is 0.267. The number of nitrogens with zero attached hydrogens (tertiary/aromatic N) is 2. The van der Waals surface area contributed by atoms with Gasteiger partial charge in [0.1, 0.15) is 0 Å². The van der Waals surface area contributed by atoms with E-state index in [1.165, 1.54) is 7.11 Å². The van der Waals surface area contributed by atoms with Crippen molar-refractivity contribution in [2.75, 3.05) is 35.3 Å². The van der Waals surface area contributed by atoms with Gasteiger partial charge in [-0.3, -0.25) is 5.32 Å². The Bertz CT molecular complexity index is 780. The number of amides is 2. The van der Waals surface area contributed by atoms with Crippen LogP contribution in [0.3, 0.4) is 0 Å². The molecule has 1 aromatic heterocycles. The molecule has 0 radical (unpaired) electrons. The summed E-state index contributed by atoms with van der Waals surface area (Å²) in [5.74, 6) is 0.458. The summed E-state index contributed by atoms with van der Waals surface area (Å²) in [6.07, 6.45) is -4.45. The predicted molar refractivity (Wildman–Crippen MR) is 91.2 cm³/mol. The number of rotatable bonds is 5. The molecule has 1 aromatic carbocycles. The van der Waals surface area contributed by atoms with Crippen molar-refractivity contribution in [1.29, 1.82) is 0 Å². The lowest BCUT2D eigenvalue weighted by molar-refractivity contribution is -0.137. The third kappa shape index (κ3) is 4.65. The summed E-state index contributed by atoms with van der Waals surface area (Å²) in [4.78, 5) is 20.0. The maximum Gasteiger partial charge on any atom is 0.416 e. The number of aromatic nitrogens is 2. The van der Waals surface area contributed by atoms with Gasteiger partial charge in [0, 0.05) is 12.2 Å². The fourth-order valence-electron chi connectivity index (χ4n) is 2.02. The van der Waals surface area contributed by atoms with E-state index in [1.54, 1.807) is 0 Å². The van der Waals surface area contributed by atoms with Gasteiger partial charge in [-0.2, -0.15) is 23.1 Å². The second-order valence-electron chi connectivity index (χ2n) is 5.00. The average molecular weight is 370 g/mol. The summed E-state index contributed by atoms with van der Waals surface area (Å²) in [6.45, 7) is 2.37. The lowest BCUT2D eigenvalue weighted by atomic mass is 10.2. The predicted octanol–water partition coefficient (Wildman–Crippen LogP) is 3.16. The highest BCUT2D eigenvalue weighted by Gasteiger charge is 2.30. The first-order valence-electron chi connectivity index (χ1n) is 7.45.